The molecule has 0 aliphatic heterocycles. The third-order valence-electron chi connectivity index (χ3n) is 4.80. The van der Waals surface area contributed by atoms with E-state index in [0.717, 1.165) is 42.1 Å². The van der Waals surface area contributed by atoms with Crippen LogP contribution in [0.1, 0.15) is 31.2 Å². The maximum Gasteiger partial charge on any atom is 0.223 e. The third kappa shape index (κ3) is 3.06. The van der Waals surface area contributed by atoms with Gasteiger partial charge in [0.15, 0.2) is 0 Å². The quantitative estimate of drug-likeness (QED) is 0.683. The van der Waals surface area contributed by atoms with E-state index in [1.165, 1.54) is 0 Å². The van der Waals surface area contributed by atoms with Gasteiger partial charge in [-0.1, -0.05) is 18.2 Å². The minimum absolute atomic E-state index is 0.234. The summed E-state index contributed by atoms with van der Waals surface area (Å²) in [7, 11) is 0. The lowest BCUT2D eigenvalue weighted by atomic mass is 9.92. The molecule has 0 unspecified atom stereocenters. The van der Waals surface area contributed by atoms with Gasteiger partial charge in [-0.15, -0.1) is 0 Å². The maximum absolute atomic E-state index is 9.46. The zero-order valence-corrected chi connectivity index (χ0v) is 13.9. The van der Waals surface area contributed by atoms with E-state index in [9.17, 15) is 5.26 Å². The van der Waals surface area contributed by atoms with Gasteiger partial charge in [0.1, 0.15) is 6.07 Å². The Hall–Kier alpha value is -2.91. The number of benzene rings is 1. The van der Waals surface area contributed by atoms with E-state index in [2.05, 4.69) is 26.3 Å². The summed E-state index contributed by atoms with van der Waals surface area (Å²) in [6, 6.07) is 10.7. The van der Waals surface area contributed by atoms with Crippen LogP contribution in [0.25, 0.3) is 22.2 Å². The minimum Gasteiger partial charge on any atom is -0.360 e. The van der Waals surface area contributed by atoms with Crippen LogP contribution in [0.3, 0.4) is 0 Å². The van der Waals surface area contributed by atoms with Crippen LogP contribution in [0.2, 0.25) is 0 Å². The number of rotatable bonds is 3. The molecule has 0 bridgehead atoms. The number of nitrogens with zero attached hydrogens (tertiary/aromatic N) is 3. The topological polar surface area (TPSA) is 103 Å². The number of aromatic nitrogens is 3. The molecule has 4 rings (SSSR count). The summed E-state index contributed by atoms with van der Waals surface area (Å²) in [5.74, 6) is 0.554. The number of hydrogen-bond donors (Lipinski definition) is 3. The summed E-state index contributed by atoms with van der Waals surface area (Å²) >= 11 is 0. The van der Waals surface area contributed by atoms with E-state index in [-0.39, 0.29) is 12.1 Å². The predicted octanol–water partition coefficient (Wildman–Crippen LogP) is 3.18. The van der Waals surface area contributed by atoms with Crippen molar-refractivity contribution in [2.75, 3.05) is 5.32 Å². The molecule has 4 N–H and O–H groups in total. The van der Waals surface area contributed by atoms with Crippen molar-refractivity contribution in [2.24, 2.45) is 5.73 Å². The number of anilines is 1. The normalized spacial score (nSPS) is 20.3. The second-order valence-electron chi connectivity index (χ2n) is 6.58. The molecular weight excluding hydrogens is 312 g/mol. The van der Waals surface area contributed by atoms with Crippen molar-refractivity contribution in [1.29, 1.82) is 5.26 Å². The Morgan fingerprint density at radius 1 is 1.28 bits per heavy atom. The number of hydrogen-bond acceptors (Lipinski definition) is 5. The zero-order chi connectivity index (χ0) is 17.2. The van der Waals surface area contributed by atoms with Crippen LogP contribution in [0.5, 0.6) is 0 Å². The van der Waals surface area contributed by atoms with Gasteiger partial charge < -0.3 is 16.0 Å². The van der Waals surface area contributed by atoms with Gasteiger partial charge in [0.05, 0.1) is 17.5 Å². The van der Waals surface area contributed by atoms with Crippen LogP contribution >= 0.6 is 0 Å². The summed E-state index contributed by atoms with van der Waals surface area (Å²) in [6.45, 7) is 0. The number of aromatic amines is 1. The van der Waals surface area contributed by atoms with Gasteiger partial charge in [-0.05, 0) is 31.7 Å². The molecule has 25 heavy (non-hydrogen) atoms. The van der Waals surface area contributed by atoms with E-state index < -0.39 is 0 Å². The van der Waals surface area contributed by atoms with Crippen molar-refractivity contribution in [3.8, 4) is 17.3 Å². The molecule has 1 aliphatic rings. The first-order valence-corrected chi connectivity index (χ1v) is 8.60. The van der Waals surface area contributed by atoms with E-state index in [1.807, 2.05) is 30.5 Å². The molecular formula is C19H20N6. The second-order valence-corrected chi connectivity index (χ2v) is 6.58. The lowest BCUT2D eigenvalue weighted by molar-refractivity contribution is 0.408. The molecule has 0 saturated heterocycles. The van der Waals surface area contributed by atoms with E-state index >= 15 is 0 Å². The summed E-state index contributed by atoms with van der Waals surface area (Å²) in [5, 5.41) is 13.9. The fourth-order valence-electron chi connectivity index (χ4n) is 3.55. The van der Waals surface area contributed by atoms with Crippen LogP contribution in [0.4, 0.5) is 5.95 Å². The average Bonchev–Trinajstić information content (AvgIpc) is 3.06. The molecule has 0 radical (unpaired) electrons. The number of nitrogens with one attached hydrogen (secondary N) is 2. The first-order valence-electron chi connectivity index (χ1n) is 8.60. The van der Waals surface area contributed by atoms with Gasteiger partial charge in [0.2, 0.25) is 5.95 Å². The van der Waals surface area contributed by atoms with Gasteiger partial charge in [-0.25, -0.2) is 9.97 Å². The molecule has 0 spiro atoms. The molecule has 6 nitrogen and oxygen atoms in total. The fraction of sp³-hybridized carbons (Fsp3) is 0.316. The highest BCUT2D eigenvalue weighted by atomic mass is 15.1. The Bertz CT molecular complexity index is 938. The lowest BCUT2D eigenvalue weighted by Crippen LogP contribution is -2.35. The number of nitrogens with two attached hydrogens (primary N) is 1. The van der Waals surface area contributed by atoms with Gasteiger partial charge >= 0.3 is 0 Å². The van der Waals surface area contributed by atoms with Crippen LogP contribution in [-0.2, 0) is 0 Å². The van der Waals surface area contributed by atoms with Crippen LogP contribution in [0.15, 0.2) is 36.7 Å². The Kier molecular flexibility index (Phi) is 4.08. The van der Waals surface area contributed by atoms with Crippen LogP contribution in [-0.4, -0.2) is 27.0 Å². The monoisotopic (exact) mass is 332 g/mol. The summed E-state index contributed by atoms with van der Waals surface area (Å²) in [4.78, 5) is 12.2. The first kappa shape index (κ1) is 15.6. The molecule has 2 aromatic heterocycles. The van der Waals surface area contributed by atoms with Crippen LogP contribution < -0.4 is 11.1 Å². The molecule has 1 aliphatic carbocycles. The highest BCUT2D eigenvalue weighted by Gasteiger charge is 2.21. The first-order chi connectivity index (χ1) is 12.2. The minimum atomic E-state index is 0.234. The highest BCUT2D eigenvalue weighted by Crippen LogP contribution is 2.30. The fourth-order valence-corrected chi connectivity index (χ4v) is 3.55. The Morgan fingerprint density at radius 3 is 3.00 bits per heavy atom. The Morgan fingerprint density at radius 2 is 2.16 bits per heavy atom. The molecule has 1 fully saturated rings. The largest absolute Gasteiger partial charge is 0.360 e. The molecule has 2 atom stereocenters. The van der Waals surface area contributed by atoms with Crippen molar-refractivity contribution in [1.82, 2.24) is 15.0 Å². The van der Waals surface area contributed by atoms with Crippen molar-refractivity contribution in [3.63, 3.8) is 0 Å². The zero-order valence-electron chi connectivity index (χ0n) is 13.9. The SMILES string of the molecule is N#Cc1cnc(N[C@@H]2CCC[C@H](N)C2)nc1-c1c[nH]c2ccccc12. The number of fused-ring (bicyclic) bond motifs is 1. The number of nitriles is 1. The number of para-hydroxylation sites is 1. The molecule has 1 saturated carbocycles. The van der Waals surface area contributed by atoms with Gasteiger partial charge in [0.25, 0.3) is 0 Å². The standard InChI is InChI=1S/C19H20N6/c20-9-12-10-23-19(24-14-5-3-4-13(21)8-14)25-18(12)16-11-22-17-7-2-1-6-15(16)17/h1-2,6-7,10-11,13-14,22H,3-5,8,21H2,(H,23,24,25)/t13-,14+/m0/s1. The average molecular weight is 332 g/mol. The molecule has 6 heteroatoms. The molecule has 3 aromatic rings. The van der Waals surface area contributed by atoms with E-state index in [0.29, 0.717) is 17.2 Å². The van der Waals surface area contributed by atoms with Crippen molar-refractivity contribution < 1.29 is 0 Å². The molecule has 0 amide bonds. The Labute approximate surface area is 146 Å². The van der Waals surface area contributed by atoms with E-state index in [4.69, 9.17) is 5.73 Å². The number of H-pyrrole nitrogens is 1. The predicted molar refractivity (Wildman–Crippen MR) is 97.9 cm³/mol. The summed E-state index contributed by atoms with van der Waals surface area (Å²) in [6.07, 6.45) is 7.67. The van der Waals surface area contributed by atoms with E-state index in [1.54, 1.807) is 6.20 Å². The van der Waals surface area contributed by atoms with Crippen molar-refractivity contribution in [2.45, 2.75) is 37.8 Å². The lowest BCUT2D eigenvalue weighted by Gasteiger charge is -2.27. The second kappa shape index (κ2) is 6.54. The highest BCUT2D eigenvalue weighted by molar-refractivity contribution is 5.95. The van der Waals surface area contributed by atoms with Crippen LogP contribution in [0, 0.1) is 11.3 Å². The Balaban J connectivity index is 1.70. The smallest absolute Gasteiger partial charge is 0.223 e. The summed E-state index contributed by atoms with van der Waals surface area (Å²) < 4.78 is 0. The van der Waals surface area contributed by atoms with Gasteiger partial charge in [-0.2, -0.15) is 5.26 Å². The molecule has 2 heterocycles. The van der Waals surface area contributed by atoms with Crippen molar-refractivity contribution >= 4 is 16.9 Å². The van der Waals surface area contributed by atoms with Crippen molar-refractivity contribution in [3.05, 3.63) is 42.2 Å². The molecule has 126 valence electrons. The maximum atomic E-state index is 9.46. The van der Waals surface area contributed by atoms with Gasteiger partial charge in [-0.3, -0.25) is 0 Å². The third-order valence-corrected chi connectivity index (χ3v) is 4.80. The molecule has 1 aromatic carbocycles. The summed E-state index contributed by atoms with van der Waals surface area (Å²) in [5.41, 5.74) is 9.12. The van der Waals surface area contributed by atoms with Gasteiger partial charge in [0, 0.05) is 34.7 Å².